The van der Waals surface area contributed by atoms with E-state index < -0.39 is 10.0 Å². The number of sulfonamides is 1. The molecule has 1 N–H and O–H groups in total. The Labute approximate surface area is 114 Å². The average Bonchev–Trinajstić information content (AvgIpc) is 2.63. The highest BCUT2D eigenvalue weighted by Crippen LogP contribution is 2.20. The van der Waals surface area contributed by atoms with Crippen LogP contribution in [0.5, 0.6) is 0 Å². The fourth-order valence-corrected chi connectivity index (χ4v) is 3.00. The predicted octanol–water partition coefficient (Wildman–Crippen LogP) is 2.29. The molecule has 0 unspecified atom stereocenters. The summed E-state index contributed by atoms with van der Waals surface area (Å²) in [6, 6.07) is 6.92. The molecule has 0 amide bonds. The first-order valence-electron chi connectivity index (χ1n) is 5.17. The van der Waals surface area contributed by atoms with Gasteiger partial charge in [-0.25, -0.2) is 8.42 Å². The van der Waals surface area contributed by atoms with Crippen molar-refractivity contribution in [1.82, 2.24) is 9.78 Å². The molecule has 0 bridgehead atoms. The van der Waals surface area contributed by atoms with E-state index in [1.807, 2.05) is 0 Å². The lowest BCUT2D eigenvalue weighted by atomic mass is 10.3. The standard InChI is InChI=1S/C11H12BrN3O2S/c1-8-11(7-13-15(8)2)18(16,17)14-10-5-3-9(12)4-6-10/h3-7,14H,1-2H3. The van der Waals surface area contributed by atoms with Crippen molar-refractivity contribution < 1.29 is 8.42 Å². The third kappa shape index (κ3) is 2.56. The van der Waals surface area contributed by atoms with Crippen LogP contribution >= 0.6 is 15.9 Å². The first kappa shape index (κ1) is 13.1. The van der Waals surface area contributed by atoms with E-state index in [0.29, 0.717) is 11.4 Å². The zero-order chi connectivity index (χ0) is 13.3. The molecule has 0 spiro atoms. The van der Waals surface area contributed by atoms with Gasteiger partial charge in [-0.1, -0.05) is 15.9 Å². The van der Waals surface area contributed by atoms with Gasteiger partial charge >= 0.3 is 0 Å². The first-order chi connectivity index (χ1) is 8.40. The minimum Gasteiger partial charge on any atom is -0.280 e. The van der Waals surface area contributed by atoms with Crippen LogP contribution in [0.4, 0.5) is 5.69 Å². The monoisotopic (exact) mass is 329 g/mol. The van der Waals surface area contributed by atoms with E-state index in [2.05, 4.69) is 25.8 Å². The van der Waals surface area contributed by atoms with Gasteiger partial charge in [-0.15, -0.1) is 0 Å². The van der Waals surface area contributed by atoms with Gasteiger partial charge in [0.25, 0.3) is 10.0 Å². The molecule has 96 valence electrons. The number of halogens is 1. The molecule has 18 heavy (non-hydrogen) atoms. The molecule has 0 fully saturated rings. The van der Waals surface area contributed by atoms with Crippen LogP contribution < -0.4 is 4.72 Å². The molecule has 0 aliphatic carbocycles. The molecule has 2 rings (SSSR count). The van der Waals surface area contributed by atoms with E-state index in [9.17, 15) is 8.42 Å². The van der Waals surface area contributed by atoms with E-state index >= 15 is 0 Å². The highest BCUT2D eigenvalue weighted by molar-refractivity contribution is 9.10. The Kier molecular flexibility index (Phi) is 3.45. The molecule has 5 nitrogen and oxygen atoms in total. The van der Waals surface area contributed by atoms with Crippen molar-refractivity contribution in [2.75, 3.05) is 4.72 Å². The van der Waals surface area contributed by atoms with Gasteiger partial charge in [-0.3, -0.25) is 9.40 Å². The van der Waals surface area contributed by atoms with E-state index in [1.54, 1.807) is 38.2 Å². The Morgan fingerprint density at radius 2 is 1.89 bits per heavy atom. The highest BCUT2D eigenvalue weighted by Gasteiger charge is 2.19. The topological polar surface area (TPSA) is 64.0 Å². The highest BCUT2D eigenvalue weighted by atomic mass is 79.9. The second-order valence-electron chi connectivity index (χ2n) is 3.83. The Balaban J connectivity index is 2.33. The van der Waals surface area contributed by atoms with Crippen LogP contribution in [-0.2, 0) is 17.1 Å². The minimum absolute atomic E-state index is 0.188. The van der Waals surface area contributed by atoms with Gasteiger partial charge in [-0.05, 0) is 31.2 Å². The van der Waals surface area contributed by atoms with Crippen LogP contribution in [0.25, 0.3) is 0 Å². The Bertz CT molecular complexity index is 662. The van der Waals surface area contributed by atoms with Crippen LogP contribution in [0.15, 0.2) is 39.8 Å². The van der Waals surface area contributed by atoms with Crippen molar-refractivity contribution >= 4 is 31.6 Å². The van der Waals surface area contributed by atoms with Crippen LogP contribution in [0, 0.1) is 6.92 Å². The molecule has 0 radical (unpaired) electrons. The van der Waals surface area contributed by atoms with Crippen molar-refractivity contribution in [2.24, 2.45) is 7.05 Å². The third-order valence-electron chi connectivity index (χ3n) is 2.58. The summed E-state index contributed by atoms with van der Waals surface area (Å²) in [5.41, 5.74) is 1.11. The molecule has 7 heteroatoms. The number of rotatable bonds is 3. The summed E-state index contributed by atoms with van der Waals surface area (Å²) in [4.78, 5) is 0.188. The second kappa shape index (κ2) is 4.74. The van der Waals surface area contributed by atoms with Gasteiger partial charge in [0.15, 0.2) is 0 Å². The molecule has 0 saturated heterocycles. The van der Waals surface area contributed by atoms with Crippen LogP contribution in [0.3, 0.4) is 0 Å². The second-order valence-corrected chi connectivity index (χ2v) is 6.40. The predicted molar refractivity (Wildman–Crippen MR) is 72.9 cm³/mol. The molecule has 0 atom stereocenters. The SMILES string of the molecule is Cc1c(S(=O)(=O)Nc2ccc(Br)cc2)cnn1C. The summed E-state index contributed by atoms with van der Waals surface area (Å²) in [5, 5.41) is 3.93. The maximum absolute atomic E-state index is 12.1. The van der Waals surface area contributed by atoms with Crippen LogP contribution in [0.2, 0.25) is 0 Å². The van der Waals surface area contributed by atoms with Crippen molar-refractivity contribution in [3.8, 4) is 0 Å². The Hall–Kier alpha value is -1.34. The normalized spacial score (nSPS) is 11.5. The lowest BCUT2D eigenvalue weighted by molar-refractivity contribution is 0.600. The summed E-state index contributed by atoms with van der Waals surface area (Å²) in [6.45, 7) is 1.71. The number of nitrogens with one attached hydrogen (secondary N) is 1. The van der Waals surface area contributed by atoms with Crippen molar-refractivity contribution in [3.05, 3.63) is 40.6 Å². The van der Waals surface area contributed by atoms with Crippen LogP contribution in [-0.4, -0.2) is 18.2 Å². The van der Waals surface area contributed by atoms with Gasteiger partial charge in [0, 0.05) is 17.2 Å². The molecule has 2 aromatic rings. The number of benzene rings is 1. The largest absolute Gasteiger partial charge is 0.280 e. The maximum Gasteiger partial charge on any atom is 0.265 e. The minimum atomic E-state index is -3.58. The molecule has 0 saturated carbocycles. The quantitative estimate of drug-likeness (QED) is 0.939. The van der Waals surface area contributed by atoms with Crippen molar-refractivity contribution in [3.63, 3.8) is 0 Å². The summed E-state index contributed by atoms with van der Waals surface area (Å²) in [6.07, 6.45) is 1.34. The third-order valence-corrected chi connectivity index (χ3v) is 4.59. The lowest BCUT2D eigenvalue weighted by Gasteiger charge is -2.07. The van der Waals surface area contributed by atoms with E-state index in [-0.39, 0.29) is 4.90 Å². The smallest absolute Gasteiger partial charge is 0.265 e. The molecular formula is C11H12BrN3O2S. The number of hydrogen-bond acceptors (Lipinski definition) is 3. The fraction of sp³-hybridized carbons (Fsp3) is 0.182. The number of anilines is 1. The molecule has 1 aromatic heterocycles. The maximum atomic E-state index is 12.1. The Morgan fingerprint density at radius 1 is 1.28 bits per heavy atom. The zero-order valence-corrected chi connectivity index (χ0v) is 12.3. The van der Waals surface area contributed by atoms with Gasteiger partial charge < -0.3 is 0 Å². The number of nitrogens with zero attached hydrogens (tertiary/aromatic N) is 2. The molecular weight excluding hydrogens is 318 g/mol. The van der Waals surface area contributed by atoms with Crippen LogP contribution in [0.1, 0.15) is 5.69 Å². The van der Waals surface area contributed by atoms with Gasteiger partial charge in [0.05, 0.1) is 11.9 Å². The Morgan fingerprint density at radius 3 is 2.39 bits per heavy atom. The summed E-state index contributed by atoms with van der Waals surface area (Å²) < 4.78 is 29.2. The fourth-order valence-electron chi connectivity index (χ4n) is 1.47. The number of aromatic nitrogens is 2. The van der Waals surface area contributed by atoms with Gasteiger partial charge in [0.1, 0.15) is 4.90 Å². The van der Waals surface area contributed by atoms with Gasteiger partial charge in [0.2, 0.25) is 0 Å². The van der Waals surface area contributed by atoms with E-state index in [4.69, 9.17) is 0 Å². The van der Waals surface area contributed by atoms with Crippen molar-refractivity contribution in [1.29, 1.82) is 0 Å². The summed E-state index contributed by atoms with van der Waals surface area (Å²) in [5.74, 6) is 0. The van der Waals surface area contributed by atoms with Crippen molar-refractivity contribution in [2.45, 2.75) is 11.8 Å². The number of hydrogen-bond donors (Lipinski definition) is 1. The zero-order valence-electron chi connectivity index (χ0n) is 9.88. The summed E-state index contributed by atoms with van der Waals surface area (Å²) in [7, 11) is -1.88. The number of aryl methyl sites for hydroxylation is 1. The lowest BCUT2D eigenvalue weighted by Crippen LogP contribution is -2.13. The first-order valence-corrected chi connectivity index (χ1v) is 7.45. The summed E-state index contributed by atoms with van der Waals surface area (Å²) >= 11 is 3.29. The molecule has 1 heterocycles. The van der Waals surface area contributed by atoms with Gasteiger partial charge in [-0.2, -0.15) is 5.10 Å². The molecule has 0 aliphatic rings. The average molecular weight is 330 g/mol. The molecule has 1 aromatic carbocycles. The van der Waals surface area contributed by atoms with E-state index in [1.165, 1.54) is 10.9 Å². The van der Waals surface area contributed by atoms with E-state index in [0.717, 1.165) is 4.47 Å². The molecule has 0 aliphatic heterocycles.